The second kappa shape index (κ2) is 4.47. The van der Waals surface area contributed by atoms with E-state index in [2.05, 4.69) is 0 Å². The fraction of sp³-hybridized carbons (Fsp3) is 0.625. The normalized spacial score (nSPS) is 31.3. The van der Waals surface area contributed by atoms with Gasteiger partial charge in [-0.05, 0) is 27.7 Å². The quantitative estimate of drug-likeness (QED) is 0.586. The maximum absolute atomic E-state index is 12.2. The second-order valence-corrected chi connectivity index (χ2v) is 5.69. The van der Waals surface area contributed by atoms with Crippen LogP contribution in [0, 0.1) is 10.8 Å². The van der Waals surface area contributed by atoms with Crippen molar-refractivity contribution in [3.8, 4) is 0 Å². The third-order valence-electron chi connectivity index (χ3n) is 5.27. The minimum absolute atomic E-state index is 0.299. The van der Waals surface area contributed by atoms with Crippen molar-refractivity contribution in [2.45, 2.75) is 41.5 Å². The first-order valence-corrected chi connectivity index (χ1v) is 7.06. The van der Waals surface area contributed by atoms with Crippen molar-refractivity contribution in [2.24, 2.45) is 10.8 Å². The van der Waals surface area contributed by atoms with Gasteiger partial charge in [-0.15, -0.1) is 0 Å². The highest BCUT2D eigenvalue weighted by Gasteiger charge is 2.71. The lowest BCUT2D eigenvalue weighted by atomic mass is 9.35. The molecule has 4 heteroatoms. The van der Waals surface area contributed by atoms with Gasteiger partial charge in [0, 0.05) is 10.8 Å². The number of carbonyl (C=O) groups is 2. The Balaban J connectivity index is 2.52. The molecular formula is C16H22O4. The van der Waals surface area contributed by atoms with E-state index in [1.165, 1.54) is 0 Å². The van der Waals surface area contributed by atoms with Gasteiger partial charge >= 0.3 is 11.9 Å². The lowest BCUT2D eigenvalue weighted by Crippen LogP contribution is -2.62. The van der Waals surface area contributed by atoms with Crippen molar-refractivity contribution in [3.05, 3.63) is 22.3 Å². The van der Waals surface area contributed by atoms with E-state index in [9.17, 15) is 9.59 Å². The zero-order chi connectivity index (χ0) is 15.3. The number of rotatable bonds is 4. The molecule has 4 nitrogen and oxygen atoms in total. The van der Waals surface area contributed by atoms with Crippen LogP contribution in [0.1, 0.15) is 41.5 Å². The smallest absolute Gasteiger partial charge is 0.335 e. The molecule has 0 radical (unpaired) electrons. The molecule has 0 aliphatic heterocycles. The van der Waals surface area contributed by atoms with Crippen LogP contribution in [0.15, 0.2) is 22.3 Å². The maximum atomic E-state index is 12.2. The number of fused-ring (bicyclic) bond motifs is 1. The molecule has 0 aromatic carbocycles. The van der Waals surface area contributed by atoms with Gasteiger partial charge in [-0.2, -0.15) is 0 Å². The van der Waals surface area contributed by atoms with Crippen molar-refractivity contribution in [1.82, 2.24) is 0 Å². The Morgan fingerprint density at radius 3 is 1.40 bits per heavy atom. The Bertz CT molecular complexity index is 507. The molecule has 2 aliphatic rings. The predicted octanol–water partition coefficient (Wildman–Crippen LogP) is 2.79. The molecule has 2 aliphatic carbocycles. The molecule has 0 saturated heterocycles. The van der Waals surface area contributed by atoms with Crippen LogP contribution in [-0.4, -0.2) is 25.2 Å². The fourth-order valence-electron chi connectivity index (χ4n) is 3.77. The van der Waals surface area contributed by atoms with Gasteiger partial charge in [0.2, 0.25) is 0 Å². The van der Waals surface area contributed by atoms with Crippen molar-refractivity contribution < 1.29 is 19.1 Å². The van der Waals surface area contributed by atoms with E-state index in [0.717, 1.165) is 11.1 Å². The zero-order valence-electron chi connectivity index (χ0n) is 13.0. The van der Waals surface area contributed by atoms with Crippen LogP contribution >= 0.6 is 0 Å². The first-order valence-electron chi connectivity index (χ1n) is 7.06. The van der Waals surface area contributed by atoms with Crippen LogP contribution in [0.3, 0.4) is 0 Å². The third-order valence-corrected chi connectivity index (χ3v) is 5.27. The highest BCUT2D eigenvalue weighted by Crippen LogP contribution is 2.75. The second-order valence-electron chi connectivity index (χ2n) is 5.69. The molecule has 0 spiro atoms. The lowest BCUT2D eigenvalue weighted by molar-refractivity contribution is -0.148. The van der Waals surface area contributed by atoms with Gasteiger partial charge in [0.25, 0.3) is 0 Å². The summed E-state index contributed by atoms with van der Waals surface area (Å²) in [4.78, 5) is 24.4. The first-order chi connectivity index (χ1) is 9.28. The molecule has 0 heterocycles. The summed E-state index contributed by atoms with van der Waals surface area (Å²) < 4.78 is 10.2. The molecule has 2 unspecified atom stereocenters. The summed E-state index contributed by atoms with van der Waals surface area (Å²) in [6.07, 6.45) is 0. The van der Waals surface area contributed by atoms with Gasteiger partial charge < -0.3 is 9.47 Å². The average molecular weight is 278 g/mol. The summed E-state index contributed by atoms with van der Waals surface area (Å²) in [6.45, 7) is 12.2. The number of hydrogen-bond acceptors (Lipinski definition) is 4. The Kier molecular flexibility index (Phi) is 3.31. The van der Waals surface area contributed by atoms with Crippen LogP contribution in [0.5, 0.6) is 0 Å². The molecule has 0 aromatic rings. The summed E-state index contributed by atoms with van der Waals surface area (Å²) >= 11 is 0. The van der Waals surface area contributed by atoms with Gasteiger partial charge in [-0.25, -0.2) is 9.59 Å². The molecule has 0 saturated carbocycles. The van der Waals surface area contributed by atoms with E-state index in [0.29, 0.717) is 24.4 Å². The highest BCUT2D eigenvalue weighted by molar-refractivity contribution is 6.09. The standard InChI is InChI=1S/C16H22O4/c1-7-19-13(17)11-12(14(18)20-8-2)16(6)10(4)9(3)15(11,16)5/h7-8H2,1-6H3. The van der Waals surface area contributed by atoms with Gasteiger partial charge in [-0.1, -0.05) is 25.0 Å². The van der Waals surface area contributed by atoms with Crippen LogP contribution in [-0.2, 0) is 19.1 Å². The molecule has 0 N–H and O–H groups in total. The molecule has 20 heavy (non-hydrogen) atoms. The van der Waals surface area contributed by atoms with E-state index in [1.54, 1.807) is 13.8 Å². The van der Waals surface area contributed by atoms with Crippen LogP contribution in [0.2, 0.25) is 0 Å². The van der Waals surface area contributed by atoms with Gasteiger partial charge in [0.05, 0.1) is 24.4 Å². The summed E-state index contributed by atoms with van der Waals surface area (Å²) in [5.74, 6) is -0.801. The number of esters is 2. The minimum Gasteiger partial charge on any atom is -0.463 e. The molecule has 0 fully saturated rings. The fourth-order valence-corrected chi connectivity index (χ4v) is 3.77. The Morgan fingerprint density at radius 2 is 1.15 bits per heavy atom. The largest absolute Gasteiger partial charge is 0.463 e. The summed E-state index contributed by atoms with van der Waals surface area (Å²) in [7, 11) is 0. The van der Waals surface area contributed by atoms with Crippen molar-refractivity contribution in [1.29, 1.82) is 0 Å². The summed E-state index contributed by atoms with van der Waals surface area (Å²) in [5, 5.41) is 0. The van der Waals surface area contributed by atoms with Crippen LogP contribution < -0.4 is 0 Å². The number of hydrogen-bond donors (Lipinski definition) is 0. The van der Waals surface area contributed by atoms with Gasteiger partial charge in [0.15, 0.2) is 0 Å². The van der Waals surface area contributed by atoms with Crippen molar-refractivity contribution in [3.63, 3.8) is 0 Å². The van der Waals surface area contributed by atoms with Crippen molar-refractivity contribution in [2.75, 3.05) is 13.2 Å². The van der Waals surface area contributed by atoms with E-state index >= 15 is 0 Å². The molecule has 110 valence electrons. The van der Waals surface area contributed by atoms with Gasteiger partial charge in [-0.3, -0.25) is 0 Å². The van der Waals surface area contributed by atoms with E-state index in [-0.39, 0.29) is 0 Å². The van der Waals surface area contributed by atoms with Crippen molar-refractivity contribution >= 4 is 11.9 Å². The Morgan fingerprint density at radius 1 is 0.850 bits per heavy atom. The number of ether oxygens (including phenoxy) is 2. The molecule has 0 bridgehead atoms. The number of carbonyl (C=O) groups excluding carboxylic acids is 2. The monoisotopic (exact) mass is 278 g/mol. The minimum atomic E-state index is -0.401. The maximum Gasteiger partial charge on any atom is 0.335 e. The molecule has 0 aromatic heterocycles. The molecule has 2 atom stereocenters. The molecular weight excluding hydrogens is 256 g/mol. The summed E-state index contributed by atoms with van der Waals surface area (Å²) in [6, 6.07) is 0. The SMILES string of the molecule is CCOC(=O)C1=C(C(=O)OCC)C2(C)C(C)=C(C)C12C. The zero-order valence-corrected chi connectivity index (χ0v) is 13.0. The van der Waals surface area contributed by atoms with Crippen LogP contribution in [0.4, 0.5) is 0 Å². The predicted molar refractivity (Wildman–Crippen MR) is 74.9 cm³/mol. The highest BCUT2D eigenvalue weighted by atomic mass is 16.5. The topological polar surface area (TPSA) is 52.6 Å². The van der Waals surface area contributed by atoms with Gasteiger partial charge in [0.1, 0.15) is 0 Å². The van der Waals surface area contributed by atoms with Crippen LogP contribution in [0.25, 0.3) is 0 Å². The first kappa shape index (κ1) is 14.8. The molecule has 0 amide bonds. The Labute approximate surface area is 119 Å². The van der Waals surface area contributed by atoms with E-state index < -0.39 is 22.8 Å². The molecule has 2 rings (SSSR count). The average Bonchev–Trinajstić information content (AvgIpc) is 2.41. The van der Waals surface area contributed by atoms with E-state index in [1.807, 2.05) is 27.7 Å². The number of allylic oxidation sites excluding steroid dienone is 2. The Hall–Kier alpha value is -1.58. The van der Waals surface area contributed by atoms with E-state index in [4.69, 9.17) is 9.47 Å². The lowest BCUT2D eigenvalue weighted by Gasteiger charge is -2.65. The summed E-state index contributed by atoms with van der Waals surface area (Å²) in [5.41, 5.74) is 2.45. The third kappa shape index (κ3) is 1.37.